The van der Waals surface area contributed by atoms with Gasteiger partial charge in [-0.25, -0.2) is 8.42 Å². The van der Waals surface area contributed by atoms with Crippen molar-refractivity contribution in [2.45, 2.75) is 24.0 Å². The minimum atomic E-state index is -4.03. The summed E-state index contributed by atoms with van der Waals surface area (Å²) in [6, 6.07) is 18.6. The number of hydrogen-bond donors (Lipinski definition) is 1. The van der Waals surface area contributed by atoms with Crippen LogP contribution in [-0.2, 0) is 20.6 Å². The first kappa shape index (κ1) is 27.7. The summed E-state index contributed by atoms with van der Waals surface area (Å²) in [6.07, 6.45) is 0.741. The number of rotatable bonds is 11. The number of anilines is 1. The van der Waals surface area contributed by atoms with Gasteiger partial charge in [0.05, 0.1) is 10.6 Å². The van der Waals surface area contributed by atoms with Gasteiger partial charge in [0.15, 0.2) is 0 Å². The van der Waals surface area contributed by atoms with Crippen LogP contribution < -0.4 is 9.62 Å². The smallest absolute Gasteiger partial charge is 0.264 e. The average molecular weight is 572 g/mol. The summed E-state index contributed by atoms with van der Waals surface area (Å²) < 4.78 is 27.9. The van der Waals surface area contributed by atoms with Gasteiger partial charge in [0.2, 0.25) is 5.91 Å². The molecule has 0 unspecified atom stereocenters. The number of hydrogen-bond acceptors (Lipinski definition) is 4. The molecular formula is C25H25Cl3N2O3S2. The fourth-order valence-electron chi connectivity index (χ4n) is 3.24. The maximum Gasteiger partial charge on any atom is 0.264 e. The summed E-state index contributed by atoms with van der Waals surface area (Å²) >= 11 is 20.0. The standard InChI is InChI=1S/C25H25Cl3N2O3S2/c1-18-6-8-24(9-7-18)35(32,33)30(23-14-21(27)13-22(28)15-23)16-25(31)29-10-3-11-34-17-19-4-2-5-20(26)12-19/h2,4-9,12-15H,3,10-11,16-17H2,1H3,(H,29,31). The van der Waals surface area contributed by atoms with Crippen molar-refractivity contribution < 1.29 is 13.2 Å². The molecule has 0 radical (unpaired) electrons. The topological polar surface area (TPSA) is 66.5 Å². The molecular weight excluding hydrogens is 547 g/mol. The molecule has 186 valence electrons. The summed E-state index contributed by atoms with van der Waals surface area (Å²) in [5.74, 6) is 1.24. The van der Waals surface area contributed by atoms with Crippen LogP contribution >= 0.6 is 46.6 Å². The number of thioether (sulfide) groups is 1. The molecule has 1 N–H and O–H groups in total. The lowest BCUT2D eigenvalue weighted by Crippen LogP contribution is -2.41. The van der Waals surface area contributed by atoms with E-state index in [4.69, 9.17) is 34.8 Å². The zero-order chi connectivity index (χ0) is 25.4. The van der Waals surface area contributed by atoms with Gasteiger partial charge in [0, 0.05) is 27.4 Å². The van der Waals surface area contributed by atoms with E-state index >= 15 is 0 Å². The first-order chi connectivity index (χ1) is 16.6. The molecule has 0 fully saturated rings. The highest BCUT2D eigenvalue weighted by molar-refractivity contribution is 7.98. The first-order valence-electron chi connectivity index (χ1n) is 10.8. The number of aryl methyl sites for hydroxylation is 1. The van der Waals surface area contributed by atoms with E-state index in [2.05, 4.69) is 5.32 Å². The number of carbonyl (C=O) groups is 1. The lowest BCUT2D eigenvalue weighted by molar-refractivity contribution is -0.119. The molecule has 0 bridgehead atoms. The number of benzene rings is 3. The van der Waals surface area contributed by atoms with Crippen molar-refractivity contribution in [2.24, 2.45) is 0 Å². The third-order valence-corrected chi connectivity index (χ3v) is 8.55. The van der Waals surface area contributed by atoms with E-state index < -0.39 is 22.5 Å². The molecule has 0 spiro atoms. The molecule has 0 aliphatic carbocycles. The highest BCUT2D eigenvalue weighted by Gasteiger charge is 2.27. The summed E-state index contributed by atoms with van der Waals surface area (Å²) in [7, 11) is -4.03. The summed E-state index contributed by atoms with van der Waals surface area (Å²) in [6.45, 7) is 1.89. The predicted octanol–water partition coefficient (Wildman–Crippen LogP) is 6.59. The zero-order valence-electron chi connectivity index (χ0n) is 19.0. The van der Waals surface area contributed by atoms with Crippen molar-refractivity contribution in [1.82, 2.24) is 5.32 Å². The Kier molecular flexibility index (Phi) is 10.2. The van der Waals surface area contributed by atoms with Gasteiger partial charge >= 0.3 is 0 Å². The highest BCUT2D eigenvalue weighted by atomic mass is 35.5. The molecule has 0 aliphatic rings. The third kappa shape index (κ3) is 8.33. The zero-order valence-corrected chi connectivity index (χ0v) is 22.9. The van der Waals surface area contributed by atoms with Crippen LogP contribution in [0.15, 0.2) is 71.6 Å². The van der Waals surface area contributed by atoms with Crippen molar-refractivity contribution in [3.05, 3.63) is 92.9 Å². The van der Waals surface area contributed by atoms with E-state index in [1.807, 2.05) is 31.2 Å². The van der Waals surface area contributed by atoms with E-state index in [0.29, 0.717) is 11.6 Å². The Morgan fingerprint density at radius 3 is 2.29 bits per heavy atom. The molecule has 10 heteroatoms. The monoisotopic (exact) mass is 570 g/mol. The summed E-state index contributed by atoms with van der Waals surface area (Å²) in [5, 5.41) is 4.06. The van der Waals surface area contributed by atoms with Crippen molar-refractivity contribution in [1.29, 1.82) is 0 Å². The molecule has 0 atom stereocenters. The molecule has 0 saturated heterocycles. The van der Waals surface area contributed by atoms with Crippen molar-refractivity contribution in [2.75, 3.05) is 23.1 Å². The molecule has 0 aliphatic heterocycles. The van der Waals surface area contributed by atoms with Crippen LogP contribution in [0.25, 0.3) is 0 Å². The number of nitrogens with zero attached hydrogens (tertiary/aromatic N) is 1. The van der Waals surface area contributed by atoms with E-state index in [0.717, 1.165) is 33.4 Å². The highest BCUT2D eigenvalue weighted by Crippen LogP contribution is 2.29. The van der Waals surface area contributed by atoms with Gasteiger partial charge in [0.25, 0.3) is 10.0 Å². The van der Waals surface area contributed by atoms with E-state index in [9.17, 15) is 13.2 Å². The second-order valence-corrected chi connectivity index (χ2v) is 12.1. The Labute approximate surface area is 225 Å². The minimum Gasteiger partial charge on any atom is -0.354 e. The Morgan fingerprint density at radius 1 is 0.943 bits per heavy atom. The van der Waals surface area contributed by atoms with Crippen molar-refractivity contribution in [3.8, 4) is 0 Å². The van der Waals surface area contributed by atoms with Gasteiger partial charge in [-0.3, -0.25) is 9.10 Å². The van der Waals surface area contributed by atoms with Crippen LogP contribution in [0.2, 0.25) is 15.1 Å². The maximum absolute atomic E-state index is 13.4. The van der Waals surface area contributed by atoms with Crippen LogP contribution in [0.1, 0.15) is 17.5 Å². The van der Waals surface area contributed by atoms with E-state index in [1.54, 1.807) is 23.9 Å². The Balaban J connectivity index is 1.62. The van der Waals surface area contributed by atoms with Crippen LogP contribution in [0, 0.1) is 6.92 Å². The number of amides is 1. The number of carbonyl (C=O) groups excluding carboxylic acids is 1. The van der Waals surface area contributed by atoms with Crippen LogP contribution in [0.5, 0.6) is 0 Å². The summed E-state index contributed by atoms with van der Waals surface area (Å²) in [4.78, 5) is 12.8. The van der Waals surface area contributed by atoms with Gasteiger partial charge in [0.1, 0.15) is 6.54 Å². The second-order valence-electron chi connectivity index (χ2n) is 7.84. The number of halogens is 3. The average Bonchev–Trinajstić information content (AvgIpc) is 2.79. The molecule has 3 aromatic rings. The van der Waals surface area contributed by atoms with Crippen LogP contribution in [0.3, 0.4) is 0 Å². The van der Waals surface area contributed by atoms with Crippen molar-refractivity contribution in [3.63, 3.8) is 0 Å². The molecule has 3 rings (SSSR count). The minimum absolute atomic E-state index is 0.0735. The first-order valence-corrected chi connectivity index (χ1v) is 14.5. The molecule has 1 amide bonds. The van der Waals surface area contributed by atoms with E-state index in [1.165, 1.54) is 30.3 Å². The lowest BCUT2D eigenvalue weighted by atomic mass is 10.2. The van der Waals surface area contributed by atoms with Crippen LogP contribution in [0.4, 0.5) is 5.69 Å². The molecule has 0 aromatic heterocycles. The van der Waals surface area contributed by atoms with Gasteiger partial charge in [-0.05, 0) is 67.1 Å². The van der Waals surface area contributed by atoms with Gasteiger partial charge in [-0.15, -0.1) is 0 Å². The third-order valence-electron chi connectivity index (χ3n) is 4.98. The van der Waals surface area contributed by atoms with Crippen molar-refractivity contribution >= 4 is 68.2 Å². The van der Waals surface area contributed by atoms with Crippen LogP contribution in [-0.4, -0.2) is 33.2 Å². The Morgan fingerprint density at radius 2 is 1.63 bits per heavy atom. The summed E-state index contributed by atoms with van der Waals surface area (Å²) in [5.41, 5.74) is 2.28. The molecule has 3 aromatic carbocycles. The van der Waals surface area contributed by atoms with Gasteiger partial charge < -0.3 is 5.32 Å². The molecule has 35 heavy (non-hydrogen) atoms. The largest absolute Gasteiger partial charge is 0.354 e. The molecule has 0 saturated carbocycles. The predicted molar refractivity (Wildman–Crippen MR) is 147 cm³/mol. The normalized spacial score (nSPS) is 11.3. The SMILES string of the molecule is Cc1ccc(S(=O)(=O)N(CC(=O)NCCCSCc2cccc(Cl)c2)c2cc(Cl)cc(Cl)c2)cc1. The maximum atomic E-state index is 13.4. The number of sulfonamides is 1. The fraction of sp³-hybridized carbons (Fsp3) is 0.240. The van der Waals surface area contributed by atoms with E-state index in [-0.39, 0.29) is 20.6 Å². The van der Waals surface area contributed by atoms with Gasteiger partial charge in [-0.1, -0.05) is 64.6 Å². The number of nitrogens with one attached hydrogen (secondary N) is 1. The Bertz CT molecular complexity index is 1250. The lowest BCUT2D eigenvalue weighted by Gasteiger charge is -2.24. The fourth-order valence-corrected chi connectivity index (χ4v) is 6.28. The molecule has 5 nitrogen and oxygen atoms in total. The molecule has 0 heterocycles. The Hall–Kier alpha value is -1.90. The quantitative estimate of drug-likeness (QED) is 0.264. The van der Waals surface area contributed by atoms with Gasteiger partial charge in [-0.2, -0.15) is 11.8 Å². The second kappa shape index (κ2) is 12.9.